The Bertz CT molecular complexity index is 897. The Morgan fingerprint density at radius 2 is 1.90 bits per heavy atom. The number of pyridine rings is 1. The minimum absolute atomic E-state index is 0.0236. The number of carbonyl (C=O) groups is 1. The van der Waals surface area contributed by atoms with Gasteiger partial charge in [0.25, 0.3) is 5.91 Å². The molecule has 1 saturated heterocycles. The average molecular weight is 411 g/mol. The molecule has 0 spiro atoms. The first-order chi connectivity index (χ1) is 13.9. The molecule has 0 radical (unpaired) electrons. The predicted molar refractivity (Wildman–Crippen MR) is 98.3 cm³/mol. The number of alkyl halides is 3. The maximum atomic E-state index is 13.9. The summed E-state index contributed by atoms with van der Waals surface area (Å²) in [5, 5.41) is 3.29. The molecule has 156 valence electrons. The van der Waals surface area contributed by atoms with E-state index in [0.29, 0.717) is 24.5 Å². The lowest BCUT2D eigenvalue weighted by Crippen LogP contribution is -2.55. The predicted octanol–water partition coefficient (Wildman–Crippen LogP) is 3.67. The van der Waals surface area contributed by atoms with Crippen molar-refractivity contribution >= 4 is 16.8 Å². The highest BCUT2D eigenvalue weighted by atomic mass is 19.3. The maximum Gasteiger partial charge on any atom is 0.387 e. The fourth-order valence-corrected chi connectivity index (χ4v) is 4.05. The number of halogens is 4. The fourth-order valence-electron chi connectivity index (χ4n) is 4.05. The van der Waals surface area contributed by atoms with E-state index in [2.05, 4.69) is 19.9 Å². The summed E-state index contributed by atoms with van der Waals surface area (Å²) >= 11 is 0. The Kier molecular flexibility index (Phi) is 5.58. The zero-order valence-corrected chi connectivity index (χ0v) is 15.6. The monoisotopic (exact) mass is 411 g/mol. The molecule has 9 heteroatoms. The highest BCUT2D eigenvalue weighted by Gasteiger charge is 2.34. The molecule has 1 saturated carbocycles. The van der Waals surface area contributed by atoms with E-state index in [1.807, 2.05) is 0 Å². The molecule has 1 amide bonds. The normalized spacial score (nSPS) is 23.2. The number of aromatic nitrogens is 1. The van der Waals surface area contributed by atoms with Crippen molar-refractivity contribution in [1.29, 1.82) is 0 Å². The zero-order chi connectivity index (χ0) is 20.5. The molecular formula is C20H21F4N3O2. The van der Waals surface area contributed by atoms with Crippen molar-refractivity contribution in [3.63, 3.8) is 0 Å². The number of hydrogen-bond acceptors (Lipinski definition) is 4. The van der Waals surface area contributed by atoms with Crippen molar-refractivity contribution < 1.29 is 27.1 Å². The van der Waals surface area contributed by atoms with E-state index in [4.69, 9.17) is 0 Å². The number of nitrogens with one attached hydrogen (secondary N) is 1. The van der Waals surface area contributed by atoms with Crippen LogP contribution in [0.5, 0.6) is 5.75 Å². The summed E-state index contributed by atoms with van der Waals surface area (Å²) in [4.78, 5) is 18.8. The molecule has 1 aromatic carbocycles. The highest BCUT2D eigenvalue weighted by Crippen LogP contribution is 2.28. The lowest BCUT2D eigenvalue weighted by molar-refractivity contribution is -0.0520. The molecule has 0 unspecified atom stereocenters. The van der Waals surface area contributed by atoms with Crippen molar-refractivity contribution in [2.75, 3.05) is 13.1 Å². The first-order valence-electron chi connectivity index (χ1n) is 9.62. The molecule has 2 heterocycles. The minimum Gasteiger partial charge on any atom is -0.432 e. The van der Waals surface area contributed by atoms with Crippen molar-refractivity contribution in [3.05, 3.63) is 35.8 Å². The lowest BCUT2D eigenvalue weighted by atomic mass is 9.88. The molecule has 1 N–H and O–H groups in total. The summed E-state index contributed by atoms with van der Waals surface area (Å²) in [5.41, 5.74) is 0.518. The van der Waals surface area contributed by atoms with Crippen molar-refractivity contribution in [1.82, 2.24) is 15.2 Å². The Morgan fingerprint density at radius 1 is 1.17 bits per heavy atom. The van der Waals surface area contributed by atoms with E-state index in [1.54, 1.807) is 0 Å². The molecule has 1 aliphatic heterocycles. The summed E-state index contributed by atoms with van der Waals surface area (Å²) in [5.74, 6) is -1.85. The van der Waals surface area contributed by atoms with Gasteiger partial charge >= 0.3 is 6.61 Å². The third kappa shape index (κ3) is 4.44. The third-order valence-corrected chi connectivity index (χ3v) is 5.63. The van der Waals surface area contributed by atoms with Gasteiger partial charge in [-0.2, -0.15) is 8.78 Å². The van der Waals surface area contributed by atoms with E-state index in [1.165, 1.54) is 12.3 Å². The Labute approximate surface area is 165 Å². The van der Waals surface area contributed by atoms with E-state index in [-0.39, 0.29) is 23.0 Å². The molecule has 0 bridgehead atoms. The van der Waals surface area contributed by atoms with Gasteiger partial charge in [-0.05, 0) is 37.8 Å². The van der Waals surface area contributed by atoms with Gasteiger partial charge in [-0.15, -0.1) is 0 Å². The molecule has 5 nitrogen and oxygen atoms in total. The Hall–Kier alpha value is -2.42. The number of nitrogens with zero attached hydrogens (tertiary/aromatic N) is 2. The van der Waals surface area contributed by atoms with Gasteiger partial charge in [0.15, 0.2) is 11.6 Å². The van der Waals surface area contributed by atoms with Gasteiger partial charge in [0.2, 0.25) is 0 Å². The van der Waals surface area contributed by atoms with Crippen LogP contribution < -0.4 is 10.1 Å². The van der Waals surface area contributed by atoms with Crippen molar-refractivity contribution in [3.8, 4) is 5.75 Å². The van der Waals surface area contributed by atoms with Crippen LogP contribution in [0.4, 0.5) is 17.6 Å². The number of hydrogen-bond donors (Lipinski definition) is 1. The summed E-state index contributed by atoms with van der Waals surface area (Å²) in [6, 6.07) is 3.98. The number of fused-ring (bicyclic) bond motifs is 1. The van der Waals surface area contributed by atoms with Crippen LogP contribution in [0.2, 0.25) is 0 Å². The van der Waals surface area contributed by atoms with Gasteiger partial charge in [-0.25, -0.2) is 8.78 Å². The van der Waals surface area contributed by atoms with Crippen LogP contribution in [-0.4, -0.2) is 53.7 Å². The van der Waals surface area contributed by atoms with Crippen LogP contribution >= 0.6 is 0 Å². The van der Waals surface area contributed by atoms with Gasteiger partial charge in [0, 0.05) is 42.8 Å². The summed E-state index contributed by atoms with van der Waals surface area (Å²) < 4.78 is 55.7. The largest absolute Gasteiger partial charge is 0.432 e. The second kappa shape index (κ2) is 8.14. The van der Waals surface area contributed by atoms with Crippen LogP contribution in [-0.2, 0) is 0 Å². The summed E-state index contributed by atoms with van der Waals surface area (Å²) in [6.07, 6.45) is 4.06. The van der Waals surface area contributed by atoms with Gasteiger partial charge in [0.1, 0.15) is 6.17 Å². The molecule has 29 heavy (non-hydrogen) atoms. The molecule has 4 rings (SSSR count). The van der Waals surface area contributed by atoms with E-state index >= 15 is 0 Å². The first kappa shape index (κ1) is 19.9. The number of carbonyl (C=O) groups excluding carboxylic acids is 1. The van der Waals surface area contributed by atoms with Crippen LogP contribution in [0.25, 0.3) is 10.9 Å². The summed E-state index contributed by atoms with van der Waals surface area (Å²) in [6.45, 7) is -2.13. The molecule has 0 atom stereocenters. The smallest absolute Gasteiger partial charge is 0.387 e. The Balaban J connectivity index is 1.38. The van der Waals surface area contributed by atoms with Crippen molar-refractivity contribution in [2.24, 2.45) is 0 Å². The molecule has 2 fully saturated rings. The van der Waals surface area contributed by atoms with Crippen LogP contribution in [0, 0.1) is 5.82 Å². The second-order valence-corrected chi connectivity index (χ2v) is 7.61. The molecular weight excluding hydrogens is 390 g/mol. The van der Waals surface area contributed by atoms with E-state index < -0.39 is 24.3 Å². The fraction of sp³-hybridized carbons (Fsp3) is 0.500. The van der Waals surface area contributed by atoms with Crippen LogP contribution in [0.1, 0.15) is 36.0 Å². The number of benzene rings is 1. The number of amides is 1. The molecule has 1 aromatic heterocycles. The Morgan fingerprint density at radius 3 is 2.55 bits per heavy atom. The zero-order valence-electron chi connectivity index (χ0n) is 15.6. The minimum atomic E-state index is -3.14. The third-order valence-electron chi connectivity index (χ3n) is 5.63. The van der Waals surface area contributed by atoms with Gasteiger partial charge < -0.3 is 10.1 Å². The first-order valence-corrected chi connectivity index (χ1v) is 9.62. The summed E-state index contributed by atoms with van der Waals surface area (Å²) in [7, 11) is 0. The van der Waals surface area contributed by atoms with E-state index in [0.717, 1.165) is 37.8 Å². The van der Waals surface area contributed by atoms with E-state index in [9.17, 15) is 22.4 Å². The topological polar surface area (TPSA) is 54.5 Å². The highest BCUT2D eigenvalue weighted by molar-refractivity contribution is 5.97. The van der Waals surface area contributed by atoms with Gasteiger partial charge in [0.05, 0.1) is 11.1 Å². The van der Waals surface area contributed by atoms with Gasteiger partial charge in [-0.1, -0.05) is 0 Å². The molecule has 2 aromatic rings. The SMILES string of the molecule is O=C(NC1CCC(N2CC(F)C2)CC1)c1cnc2cc(OC(F)F)c(F)cc2c1. The second-order valence-electron chi connectivity index (χ2n) is 7.61. The average Bonchev–Trinajstić information content (AvgIpc) is 2.66. The maximum absolute atomic E-state index is 13.9. The number of rotatable bonds is 5. The lowest BCUT2D eigenvalue weighted by Gasteiger charge is -2.43. The quantitative estimate of drug-likeness (QED) is 0.763. The van der Waals surface area contributed by atoms with Crippen molar-refractivity contribution in [2.45, 2.75) is 50.6 Å². The number of likely N-dealkylation sites (tertiary alicyclic amines) is 1. The standard InChI is InChI=1S/C20H21F4N3O2/c21-13-9-27(10-13)15-3-1-14(2-4-15)26-19(28)12-5-11-6-16(22)18(29-20(23)24)7-17(11)25-8-12/h5-8,13-15,20H,1-4,9-10H2,(H,26,28). The number of ether oxygens (including phenoxy) is 1. The van der Waals surface area contributed by atoms with Crippen LogP contribution in [0.15, 0.2) is 24.4 Å². The van der Waals surface area contributed by atoms with Gasteiger partial charge in [-0.3, -0.25) is 14.7 Å². The van der Waals surface area contributed by atoms with Crippen LogP contribution in [0.3, 0.4) is 0 Å². The molecule has 2 aliphatic rings. The molecule has 1 aliphatic carbocycles.